The van der Waals surface area contributed by atoms with E-state index in [0.29, 0.717) is 22.5 Å². The zero-order valence-electron chi connectivity index (χ0n) is 10.1. The number of benzene rings is 1. The van der Waals surface area contributed by atoms with Crippen molar-refractivity contribution in [2.24, 2.45) is 5.92 Å². The highest BCUT2D eigenvalue weighted by atomic mass is 35.5. The maximum atomic E-state index is 12.1. The number of hydrogen-bond acceptors (Lipinski definition) is 1. The van der Waals surface area contributed by atoms with Gasteiger partial charge in [0.05, 0.1) is 10.6 Å². The van der Waals surface area contributed by atoms with Crippen LogP contribution in [0.5, 0.6) is 0 Å². The molecule has 92 valence electrons. The molecule has 1 N–H and O–H groups in total. The summed E-state index contributed by atoms with van der Waals surface area (Å²) in [5.41, 5.74) is 0.576. The van der Waals surface area contributed by atoms with Crippen LogP contribution in [-0.2, 0) is 0 Å². The van der Waals surface area contributed by atoms with Crippen molar-refractivity contribution in [3.63, 3.8) is 0 Å². The minimum absolute atomic E-state index is 0.0469. The first-order valence-corrected chi connectivity index (χ1v) is 6.61. The van der Waals surface area contributed by atoms with E-state index in [2.05, 4.69) is 12.2 Å². The van der Waals surface area contributed by atoms with Gasteiger partial charge in [0.15, 0.2) is 0 Å². The molecule has 1 aliphatic rings. The van der Waals surface area contributed by atoms with Crippen molar-refractivity contribution in [1.29, 1.82) is 0 Å². The smallest absolute Gasteiger partial charge is 0.253 e. The lowest BCUT2D eigenvalue weighted by Crippen LogP contribution is -2.41. The number of rotatable bonds is 2. The largest absolute Gasteiger partial charge is 0.349 e. The van der Waals surface area contributed by atoms with Gasteiger partial charge in [-0.1, -0.05) is 43.5 Å². The number of halogens is 1. The van der Waals surface area contributed by atoms with Crippen LogP contribution < -0.4 is 5.32 Å². The molecule has 1 amide bonds. The minimum atomic E-state index is -0.0469. The maximum absolute atomic E-state index is 12.1. The molecule has 17 heavy (non-hydrogen) atoms. The molecule has 1 aromatic carbocycles. The summed E-state index contributed by atoms with van der Waals surface area (Å²) in [7, 11) is 0. The van der Waals surface area contributed by atoms with Gasteiger partial charge in [0.1, 0.15) is 0 Å². The summed E-state index contributed by atoms with van der Waals surface area (Å²) in [6.07, 6.45) is 4.77. The molecule has 2 atom stereocenters. The zero-order chi connectivity index (χ0) is 12.3. The fraction of sp³-hybridized carbons (Fsp3) is 0.500. The first-order chi connectivity index (χ1) is 8.18. The molecule has 0 heterocycles. The molecule has 0 saturated heterocycles. The molecule has 0 radical (unpaired) electrons. The fourth-order valence-corrected chi connectivity index (χ4v) is 2.64. The van der Waals surface area contributed by atoms with Crippen molar-refractivity contribution >= 4 is 17.5 Å². The van der Waals surface area contributed by atoms with Crippen molar-refractivity contribution in [2.45, 2.75) is 38.6 Å². The van der Waals surface area contributed by atoms with Crippen LogP contribution in [0.15, 0.2) is 24.3 Å². The minimum Gasteiger partial charge on any atom is -0.349 e. The Morgan fingerprint density at radius 1 is 1.29 bits per heavy atom. The van der Waals surface area contributed by atoms with Crippen LogP contribution in [0.4, 0.5) is 0 Å². The molecule has 1 aliphatic carbocycles. The second-order valence-corrected chi connectivity index (χ2v) is 5.23. The van der Waals surface area contributed by atoms with E-state index in [9.17, 15) is 4.79 Å². The highest BCUT2D eigenvalue weighted by Crippen LogP contribution is 2.24. The van der Waals surface area contributed by atoms with E-state index in [-0.39, 0.29) is 5.91 Å². The predicted octanol–water partition coefficient (Wildman–Crippen LogP) is 3.65. The Balaban J connectivity index is 2.04. The number of amides is 1. The van der Waals surface area contributed by atoms with E-state index in [1.807, 2.05) is 12.1 Å². The van der Waals surface area contributed by atoms with E-state index in [1.54, 1.807) is 12.1 Å². The summed E-state index contributed by atoms with van der Waals surface area (Å²) in [5.74, 6) is 0.518. The van der Waals surface area contributed by atoms with Gasteiger partial charge in [-0.2, -0.15) is 0 Å². The van der Waals surface area contributed by atoms with Gasteiger partial charge in [-0.3, -0.25) is 4.79 Å². The molecule has 0 aliphatic heterocycles. The fourth-order valence-electron chi connectivity index (χ4n) is 2.42. The molecular formula is C14H18ClNO. The van der Waals surface area contributed by atoms with Crippen LogP contribution in [0.25, 0.3) is 0 Å². The van der Waals surface area contributed by atoms with Crippen molar-refractivity contribution in [3.05, 3.63) is 34.9 Å². The average Bonchev–Trinajstić information content (AvgIpc) is 2.32. The van der Waals surface area contributed by atoms with Gasteiger partial charge in [0, 0.05) is 6.04 Å². The molecule has 2 nitrogen and oxygen atoms in total. The summed E-state index contributed by atoms with van der Waals surface area (Å²) >= 11 is 6.01. The lowest BCUT2D eigenvalue weighted by molar-refractivity contribution is 0.0910. The van der Waals surface area contributed by atoms with E-state index in [0.717, 1.165) is 6.42 Å². The molecular weight excluding hydrogens is 234 g/mol. The molecule has 0 unspecified atom stereocenters. The zero-order valence-corrected chi connectivity index (χ0v) is 10.8. The van der Waals surface area contributed by atoms with Crippen LogP contribution in [0.1, 0.15) is 43.0 Å². The van der Waals surface area contributed by atoms with Crippen molar-refractivity contribution in [2.75, 3.05) is 0 Å². The highest BCUT2D eigenvalue weighted by molar-refractivity contribution is 6.33. The summed E-state index contributed by atoms with van der Waals surface area (Å²) in [4.78, 5) is 12.1. The SMILES string of the molecule is C[C@@H]1CCCC[C@@H]1NC(=O)c1ccccc1Cl. The summed E-state index contributed by atoms with van der Waals surface area (Å²) < 4.78 is 0. The molecule has 1 aromatic rings. The second kappa shape index (κ2) is 5.54. The first-order valence-electron chi connectivity index (χ1n) is 6.24. The lowest BCUT2D eigenvalue weighted by Gasteiger charge is -2.29. The number of nitrogens with one attached hydrogen (secondary N) is 1. The molecule has 1 saturated carbocycles. The molecule has 0 spiro atoms. The maximum Gasteiger partial charge on any atom is 0.253 e. The van der Waals surface area contributed by atoms with Crippen LogP contribution >= 0.6 is 11.6 Å². The van der Waals surface area contributed by atoms with E-state index in [1.165, 1.54) is 19.3 Å². The quantitative estimate of drug-likeness (QED) is 0.854. The molecule has 1 fully saturated rings. The van der Waals surface area contributed by atoms with E-state index < -0.39 is 0 Å². The third-order valence-electron chi connectivity index (χ3n) is 3.55. The van der Waals surface area contributed by atoms with Gasteiger partial charge in [-0.15, -0.1) is 0 Å². The van der Waals surface area contributed by atoms with Gasteiger partial charge in [0.25, 0.3) is 5.91 Å². The van der Waals surface area contributed by atoms with Gasteiger partial charge >= 0.3 is 0 Å². The normalized spacial score (nSPS) is 24.4. The average molecular weight is 252 g/mol. The second-order valence-electron chi connectivity index (χ2n) is 4.82. The Morgan fingerprint density at radius 3 is 2.71 bits per heavy atom. The van der Waals surface area contributed by atoms with Crippen molar-refractivity contribution in [1.82, 2.24) is 5.32 Å². The number of carbonyl (C=O) groups excluding carboxylic acids is 1. The summed E-state index contributed by atoms with van der Waals surface area (Å²) in [6.45, 7) is 2.21. The van der Waals surface area contributed by atoms with Gasteiger partial charge in [-0.25, -0.2) is 0 Å². The summed E-state index contributed by atoms with van der Waals surface area (Å²) in [6, 6.07) is 7.49. The van der Waals surface area contributed by atoms with Gasteiger partial charge in [0.2, 0.25) is 0 Å². The molecule has 0 aromatic heterocycles. The van der Waals surface area contributed by atoms with Crippen LogP contribution in [0.2, 0.25) is 5.02 Å². The number of carbonyl (C=O) groups is 1. The Kier molecular flexibility index (Phi) is 4.06. The van der Waals surface area contributed by atoms with Crippen molar-refractivity contribution < 1.29 is 4.79 Å². The predicted molar refractivity (Wildman–Crippen MR) is 70.3 cm³/mol. The van der Waals surface area contributed by atoms with Gasteiger partial charge in [-0.05, 0) is 30.9 Å². The third kappa shape index (κ3) is 3.01. The standard InChI is InChI=1S/C14H18ClNO/c1-10-6-2-5-9-13(10)16-14(17)11-7-3-4-8-12(11)15/h3-4,7-8,10,13H,2,5-6,9H2,1H3,(H,16,17)/t10-,13+/m1/s1. The Morgan fingerprint density at radius 2 is 2.00 bits per heavy atom. The topological polar surface area (TPSA) is 29.1 Å². The van der Waals surface area contributed by atoms with Crippen LogP contribution in [0, 0.1) is 5.92 Å². The van der Waals surface area contributed by atoms with Crippen LogP contribution in [-0.4, -0.2) is 11.9 Å². The first kappa shape index (κ1) is 12.4. The highest BCUT2D eigenvalue weighted by Gasteiger charge is 2.23. The molecule has 3 heteroatoms. The molecule has 2 rings (SSSR count). The summed E-state index contributed by atoms with van der Waals surface area (Å²) in [5, 5.41) is 3.62. The van der Waals surface area contributed by atoms with E-state index in [4.69, 9.17) is 11.6 Å². The van der Waals surface area contributed by atoms with Gasteiger partial charge < -0.3 is 5.32 Å². The Hall–Kier alpha value is -1.02. The number of hydrogen-bond donors (Lipinski definition) is 1. The Bertz CT molecular complexity index is 405. The van der Waals surface area contributed by atoms with Crippen molar-refractivity contribution in [3.8, 4) is 0 Å². The monoisotopic (exact) mass is 251 g/mol. The Labute approximate surface area is 107 Å². The third-order valence-corrected chi connectivity index (χ3v) is 3.88. The van der Waals surface area contributed by atoms with E-state index >= 15 is 0 Å². The lowest BCUT2D eigenvalue weighted by atomic mass is 9.86. The molecule has 0 bridgehead atoms. The van der Waals surface area contributed by atoms with Crippen LogP contribution in [0.3, 0.4) is 0 Å².